The van der Waals surface area contributed by atoms with E-state index in [1.807, 2.05) is 0 Å². The number of nitrogens with two attached hydrogens (primary N) is 1. The maximum Gasteiger partial charge on any atom is 0.414 e. The van der Waals surface area contributed by atoms with E-state index in [2.05, 4.69) is 10.7 Å². The van der Waals surface area contributed by atoms with Gasteiger partial charge in [-0.05, 0) is 18.2 Å². The summed E-state index contributed by atoms with van der Waals surface area (Å²) >= 11 is 4.87. The molecule has 0 saturated carbocycles. The van der Waals surface area contributed by atoms with E-state index in [-0.39, 0.29) is 29.5 Å². The van der Waals surface area contributed by atoms with Crippen molar-refractivity contribution in [3.63, 3.8) is 0 Å². The van der Waals surface area contributed by atoms with Gasteiger partial charge in [0.15, 0.2) is 0 Å². The van der Waals surface area contributed by atoms with Crippen molar-refractivity contribution in [3.05, 3.63) is 29.6 Å². The first-order valence-electron chi connectivity index (χ1n) is 6.45. The summed E-state index contributed by atoms with van der Waals surface area (Å²) in [5, 5.41) is 2.57. The highest BCUT2D eigenvalue weighted by Crippen LogP contribution is 2.24. The van der Waals surface area contributed by atoms with Crippen molar-refractivity contribution in [2.45, 2.75) is 13.0 Å². The van der Waals surface area contributed by atoms with E-state index in [1.165, 1.54) is 24.0 Å². The molecule has 0 bridgehead atoms. The van der Waals surface area contributed by atoms with Gasteiger partial charge in [-0.2, -0.15) is 0 Å². The number of ether oxygens (including phenoxy) is 1. The van der Waals surface area contributed by atoms with Crippen LogP contribution in [0.4, 0.5) is 14.9 Å². The second-order valence-electron chi connectivity index (χ2n) is 4.69. The van der Waals surface area contributed by atoms with Gasteiger partial charge in [0, 0.05) is 12.5 Å². The summed E-state index contributed by atoms with van der Waals surface area (Å²) in [5.74, 6) is 4.34. The molecule has 1 aliphatic rings. The molecule has 0 unspecified atom stereocenters. The Labute approximate surface area is 131 Å². The second kappa shape index (κ2) is 6.67. The highest BCUT2D eigenvalue weighted by molar-refractivity contribution is 7.80. The Morgan fingerprint density at radius 2 is 2.32 bits per heavy atom. The van der Waals surface area contributed by atoms with Crippen LogP contribution in [0.1, 0.15) is 12.5 Å². The van der Waals surface area contributed by atoms with Gasteiger partial charge in [0.05, 0.1) is 18.8 Å². The first-order chi connectivity index (χ1) is 10.4. The summed E-state index contributed by atoms with van der Waals surface area (Å²) < 4.78 is 19.1. The number of nitrogens with zero attached hydrogens (tertiary/aromatic N) is 1. The van der Waals surface area contributed by atoms with E-state index in [0.29, 0.717) is 5.69 Å². The van der Waals surface area contributed by atoms with Crippen LogP contribution in [0.3, 0.4) is 0 Å². The number of halogens is 1. The Balaban J connectivity index is 2.12. The van der Waals surface area contributed by atoms with Crippen molar-refractivity contribution in [1.82, 2.24) is 10.7 Å². The third-order valence-electron chi connectivity index (χ3n) is 3.09. The smallest absolute Gasteiger partial charge is 0.414 e. The highest BCUT2D eigenvalue weighted by atomic mass is 32.1. The summed E-state index contributed by atoms with van der Waals surface area (Å²) in [6.45, 7) is 1.80. The van der Waals surface area contributed by atoms with Crippen molar-refractivity contribution >= 4 is 34.9 Å². The van der Waals surface area contributed by atoms with Crippen LogP contribution in [0.15, 0.2) is 18.2 Å². The van der Waals surface area contributed by atoms with Gasteiger partial charge in [-0.15, -0.1) is 0 Å². The maximum absolute atomic E-state index is 14.0. The van der Waals surface area contributed by atoms with Gasteiger partial charge in [-0.3, -0.25) is 9.69 Å². The molecule has 9 heteroatoms. The lowest BCUT2D eigenvalue weighted by Gasteiger charge is -2.14. The van der Waals surface area contributed by atoms with E-state index in [9.17, 15) is 14.0 Å². The summed E-state index contributed by atoms with van der Waals surface area (Å²) in [5.41, 5.74) is 2.69. The summed E-state index contributed by atoms with van der Waals surface area (Å²) in [4.78, 5) is 24.0. The van der Waals surface area contributed by atoms with Crippen molar-refractivity contribution in [2.75, 3.05) is 18.0 Å². The standard InChI is InChI=1S/C13H15FN4O3S/c1-7(19)16-5-9-6-18(13(20)21-9)8-2-3-10(11(14)4-8)12(22)17-15/h2-4,9H,5-6,15H2,1H3,(H,16,19)(H,17,22)/t9-/m0/s1. The molecule has 2 amide bonds. The zero-order chi connectivity index (χ0) is 16.3. The lowest BCUT2D eigenvalue weighted by atomic mass is 10.1. The molecule has 1 aromatic carbocycles. The van der Waals surface area contributed by atoms with Crippen molar-refractivity contribution in [3.8, 4) is 0 Å². The molecule has 1 heterocycles. The minimum Gasteiger partial charge on any atom is -0.442 e. The van der Waals surface area contributed by atoms with E-state index in [0.717, 1.165) is 0 Å². The first-order valence-corrected chi connectivity index (χ1v) is 6.86. The summed E-state index contributed by atoms with van der Waals surface area (Å²) in [7, 11) is 0. The Kier molecular flexibility index (Phi) is 4.88. The molecule has 118 valence electrons. The first kappa shape index (κ1) is 16.1. The molecule has 4 N–H and O–H groups in total. The largest absolute Gasteiger partial charge is 0.442 e. The van der Waals surface area contributed by atoms with Crippen molar-refractivity contribution in [2.24, 2.45) is 5.84 Å². The quantitative estimate of drug-likeness (QED) is 0.422. The number of carbonyl (C=O) groups excluding carboxylic acids is 2. The van der Waals surface area contributed by atoms with Crippen LogP contribution in [-0.4, -0.2) is 36.2 Å². The number of amides is 2. The van der Waals surface area contributed by atoms with Gasteiger partial charge in [0.25, 0.3) is 0 Å². The zero-order valence-electron chi connectivity index (χ0n) is 11.8. The molecule has 0 aliphatic carbocycles. The number of thiocarbonyl (C=S) groups is 1. The van der Waals surface area contributed by atoms with Crippen LogP contribution in [-0.2, 0) is 9.53 Å². The van der Waals surface area contributed by atoms with E-state index >= 15 is 0 Å². The molecule has 1 aromatic rings. The average Bonchev–Trinajstić information content (AvgIpc) is 2.85. The normalized spacial score (nSPS) is 17.1. The summed E-state index contributed by atoms with van der Waals surface area (Å²) in [6, 6.07) is 4.16. The zero-order valence-corrected chi connectivity index (χ0v) is 12.6. The number of hydrogen-bond donors (Lipinski definition) is 3. The monoisotopic (exact) mass is 326 g/mol. The number of hydrogen-bond acceptors (Lipinski definition) is 5. The van der Waals surface area contributed by atoms with Gasteiger partial charge < -0.3 is 15.5 Å². The molecule has 0 radical (unpaired) electrons. The fourth-order valence-electron chi connectivity index (χ4n) is 2.03. The van der Waals surface area contributed by atoms with E-state index in [1.54, 1.807) is 6.07 Å². The number of benzene rings is 1. The number of carbonyl (C=O) groups is 2. The van der Waals surface area contributed by atoms with E-state index in [4.69, 9.17) is 22.8 Å². The Hall–Kier alpha value is -2.26. The molecular formula is C13H15FN4O3S. The molecule has 1 saturated heterocycles. The number of cyclic esters (lactones) is 1. The summed E-state index contributed by atoms with van der Waals surface area (Å²) in [6.07, 6.45) is -1.08. The lowest BCUT2D eigenvalue weighted by Crippen LogP contribution is -2.33. The Morgan fingerprint density at radius 1 is 1.59 bits per heavy atom. The molecule has 7 nitrogen and oxygen atoms in total. The van der Waals surface area contributed by atoms with Crippen LogP contribution in [0.5, 0.6) is 0 Å². The van der Waals surface area contributed by atoms with Crippen LogP contribution in [0.25, 0.3) is 0 Å². The van der Waals surface area contributed by atoms with Gasteiger partial charge in [-0.1, -0.05) is 12.2 Å². The Morgan fingerprint density at radius 3 is 2.91 bits per heavy atom. The fourth-order valence-corrected chi connectivity index (χ4v) is 2.20. The van der Waals surface area contributed by atoms with Gasteiger partial charge in [0.2, 0.25) is 5.91 Å². The molecule has 1 atom stereocenters. The topological polar surface area (TPSA) is 96.7 Å². The molecule has 1 fully saturated rings. The third kappa shape index (κ3) is 3.49. The number of hydrazine groups is 1. The lowest BCUT2D eigenvalue weighted by molar-refractivity contribution is -0.119. The number of nitrogens with one attached hydrogen (secondary N) is 2. The molecule has 0 aromatic heterocycles. The number of rotatable bonds is 4. The van der Waals surface area contributed by atoms with Crippen LogP contribution < -0.4 is 21.5 Å². The van der Waals surface area contributed by atoms with Crippen LogP contribution >= 0.6 is 12.2 Å². The third-order valence-corrected chi connectivity index (χ3v) is 3.43. The molecule has 22 heavy (non-hydrogen) atoms. The van der Waals surface area contributed by atoms with Crippen LogP contribution in [0, 0.1) is 5.82 Å². The van der Waals surface area contributed by atoms with Crippen LogP contribution in [0.2, 0.25) is 0 Å². The van der Waals surface area contributed by atoms with Gasteiger partial charge >= 0.3 is 6.09 Å². The molecule has 2 rings (SSSR count). The van der Waals surface area contributed by atoms with Crippen molar-refractivity contribution < 1.29 is 18.7 Å². The second-order valence-corrected chi connectivity index (χ2v) is 5.10. The fraction of sp³-hybridized carbons (Fsp3) is 0.308. The van der Waals surface area contributed by atoms with Gasteiger partial charge in [0.1, 0.15) is 16.9 Å². The molecular weight excluding hydrogens is 311 g/mol. The Bertz CT molecular complexity index is 625. The highest BCUT2D eigenvalue weighted by Gasteiger charge is 2.32. The average molecular weight is 326 g/mol. The molecule has 1 aliphatic heterocycles. The SMILES string of the molecule is CC(=O)NC[C@H]1CN(c2ccc(C(=S)NN)c(F)c2)C(=O)O1. The van der Waals surface area contributed by atoms with Crippen molar-refractivity contribution in [1.29, 1.82) is 0 Å². The predicted octanol–water partition coefficient (Wildman–Crippen LogP) is 0.426. The predicted molar refractivity (Wildman–Crippen MR) is 81.7 cm³/mol. The molecule has 0 spiro atoms. The minimum absolute atomic E-state index is 0.0663. The number of anilines is 1. The maximum atomic E-state index is 14.0. The van der Waals surface area contributed by atoms with E-state index < -0.39 is 18.0 Å². The van der Waals surface area contributed by atoms with Gasteiger partial charge in [-0.25, -0.2) is 15.0 Å². The minimum atomic E-state index is -0.599.